The molecule has 1 saturated heterocycles. The molecule has 4 rings (SSSR count). The topological polar surface area (TPSA) is 49.0 Å². The highest BCUT2D eigenvalue weighted by Gasteiger charge is 2.60. The third-order valence-corrected chi connectivity index (χ3v) is 5.87. The van der Waals surface area contributed by atoms with Gasteiger partial charge in [-0.3, -0.25) is 4.79 Å². The number of H-pyrrole nitrogens is 1. The zero-order valence-corrected chi connectivity index (χ0v) is 14.9. The molecule has 1 aromatic heterocycles. The van der Waals surface area contributed by atoms with Gasteiger partial charge in [-0.15, -0.1) is 0 Å². The van der Waals surface area contributed by atoms with Crippen LogP contribution in [0, 0.1) is 5.92 Å². The lowest BCUT2D eigenvalue weighted by Crippen LogP contribution is -2.27. The zero-order valence-electron chi connectivity index (χ0n) is 14.9. The molecule has 0 unspecified atom stereocenters. The summed E-state index contributed by atoms with van der Waals surface area (Å²) in [6, 6.07) is 7.12. The molecule has 2 aromatic rings. The maximum atomic E-state index is 12.8. The Kier molecular flexibility index (Phi) is 4.58. The van der Waals surface area contributed by atoms with Crippen LogP contribution in [0.1, 0.15) is 36.2 Å². The number of hydrogen-bond acceptors (Lipinski definition) is 3. The molecule has 0 bridgehead atoms. The maximum absolute atomic E-state index is 12.8. The van der Waals surface area contributed by atoms with E-state index < -0.39 is 11.7 Å². The lowest BCUT2D eigenvalue weighted by Gasteiger charge is -2.21. The minimum absolute atomic E-state index is 0.0519. The highest BCUT2D eigenvalue weighted by molar-refractivity contribution is 5.39. The van der Waals surface area contributed by atoms with Gasteiger partial charge < -0.3 is 9.88 Å². The predicted octanol–water partition coefficient (Wildman–Crippen LogP) is 3.38. The van der Waals surface area contributed by atoms with E-state index in [0.717, 1.165) is 50.9 Å². The van der Waals surface area contributed by atoms with E-state index in [4.69, 9.17) is 0 Å². The van der Waals surface area contributed by atoms with Crippen LogP contribution in [0.15, 0.2) is 41.3 Å². The van der Waals surface area contributed by atoms with Crippen molar-refractivity contribution in [2.45, 2.75) is 37.3 Å². The lowest BCUT2D eigenvalue weighted by molar-refractivity contribution is -0.137. The van der Waals surface area contributed by atoms with E-state index in [1.165, 1.54) is 24.4 Å². The van der Waals surface area contributed by atoms with E-state index in [0.29, 0.717) is 11.7 Å². The first kappa shape index (κ1) is 18.2. The van der Waals surface area contributed by atoms with Gasteiger partial charge in [0, 0.05) is 37.2 Å². The SMILES string of the molecule is O=c1ccnc(CCCCN2C[C@@H]3C[C@]3(c3ccc(C(F)(F)F)cc3)C2)[nH]1. The molecular formula is C20H22F3N3O. The number of aromatic amines is 1. The largest absolute Gasteiger partial charge is 0.416 e. The quantitative estimate of drug-likeness (QED) is 0.785. The van der Waals surface area contributed by atoms with Gasteiger partial charge in [-0.05, 0) is 49.4 Å². The number of likely N-dealkylation sites (tertiary alicyclic amines) is 1. The van der Waals surface area contributed by atoms with Gasteiger partial charge in [0.05, 0.1) is 5.56 Å². The fourth-order valence-corrected chi connectivity index (χ4v) is 4.36. The molecule has 1 aliphatic carbocycles. The Balaban J connectivity index is 1.28. The molecule has 2 atom stereocenters. The van der Waals surface area contributed by atoms with Crippen LogP contribution in [0.4, 0.5) is 13.2 Å². The Morgan fingerprint density at radius 1 is 1.19 bits per heavy atom. The van der Waals surface area contributed by atoms with E-state index in [-0.39, 0.29) is 11.0 Å². The van der Waals surface area contributed by atoms with Crippen molar-refractivity contribution in [3.05, 3.63) is 63.8 Å². The van der Waals surface area contributed by atoms with Crippen molar-refractivity contribution in [2.75, 3.05) is 19.6 Å². The number of fused-ring (bicyclic) bond motifs is 1. The number of aryl methyl sites for hydroxylation is 1. The number of alkyl halides is 3. The van der Waals surface area contributed by atoms with Gasteiger partial charge in [-0.1, -0.05) is 12.1 Å². The molecule has 4 nitrogen and oxygen atoms in total. The van der Waals surface area contributed by atoms with Gasteiger partial charge in [0.2, 0.25) is 0 Å². The Morgan fingerprint density at radius 3 is 2.67 bits per heavy atom. The monoisotopic (exact) mass is 377 g/mol. The second-order valence-electron chi connectivity index (χ2n) is 7.71. The Bertz CT molecular complexity index is 862. The molecule has 1 saturated carbocycles. The summed E-state index contributed by atoms with van der Waals surface area (Å²) < 4.78 is 38.3. The fraction of sp³-hybridized carbons (Fsp3) is 0.500. The van der Waals surface area contributed by atoms with Crippen LogP contribution in [0.3, 0.4) is 0 Å². The summed E-state index contributed by atoms with van der Waals surface area (Å²) in [6.07, 6.45) is 1.02. The Hall–Kier alpha value is -2.15. The molecular weight excluding hydrogens is 355 g/mol. The fourth-order valence-electron chi connectivity index (χ4n) is 4.36. The minimum atomic E-state index is -4.28. The van der Waals surface area contributed by atoms with Gasteiger partial charge in [-0.25, -0.2) is 4.98 Å². The predicted molar refractivity (Wildman–Crippen MR) is 95.5 cm³/mol. The van der Waals surface area contributed by atoms with E-state index in [9.17, 15) is 18.0 Å². The lowest BCUT2D eigenvalue weighted by atomic mass is 9.94. The normalized spacial score (nSPS) is 24.8. The van der Waals surface area contributed by atoms with Crippen molar-refractivity contribution in [3.8, 4) is 0 Å². The third-order valence-electron chi connectivity index (χ3n) is 5.87. The molecule has 0 radical (unpaired) electrons. The van der Waals surface area contributed by atoms with Gasteiger partial charge in [0.15, 0.2) is 0 Å². The molecule has 7 heteroatoms. The molecule has 144 valence electrons. The van der Waals surface area contributed by atoms with Crippen LogP contribution >= 0.6 is 0 Å². The van der Waals surface area contributed by atoms with Crippen LogP contribution in [0.25, 0.3) is 0 Å². The number of hydrogen-bond donors (Lipinski definition) is 1. The number of aromatic nitrogens is 2. The average molecular weight is 377 g/mol. The van der Waals surface area contributed by atoms with Crippen molar-refractivity contribution in [3.63, 3.8) is 0 Å². The summed E-state index contributed by atoms with van der Waals surface area (Å²) in [5.41, 5.74) is 0.380. The molecule has 0 spiro atoms. The average Bonchev–Trinajstić information content (AvgIpc) is 3.20. The van der Waals surface area contributed by atoms with Crippen LogP contribution in [0.2, 0.25) is 0 Å². The van der Waals surface area contributed by atoms with Crippen LogP contribution in [0.5, 0.6) is 0 Å². The first-order valence-electron chi connectivity index (χ1n) is 9.31. The third kappa shape index (κ3) is 3.78. The number of rotatable bonds is 6. The second kappa shape index (κ2) is 6.78. The first-order chi connectivity index (χ1) is 12.9. The van der Waals surface area contributed by atoms with E-state index in [1.54, 1.807) is 12.1 Å². The number of nitrogens with zero attached hydrogens (tertiary/aromatic N) is 2. The van der Waals surface area contributed by atoms with Crippen LogP contribution in [-0.4, -0.2) is 34.5 Å². The van der Waals surface area contributed by atoms with E-state index >= 15 is 0 Å². The molecule has 2 aliphatic rings. The molecule has 27 heavy (non-hydrogen) atoms. The maximum Gasteiger partial charge on any atom is 0.416 e. The second-order valence-corrected chi connectivity index (χ2v) is 7.71. The number of piperidine rings is 1. The Morgan fingerprint density at radius 2 is 1.96 bits per heavy atom. The highest BCUT2D eigenvalue weighted by atomic mass is 19.4. The highest BCUT2D eigenvalue weighted by Crippen LogP contribution is 2.59. The molecule has 1 N–H and O–H groups in total. The van der Waals surface area contributed by atoms with Gasteiger partial charge in [0.25, 0.3) is 5.56 Å². The van der Waals surface area contributed by atoms with E-state index in [2.05, 4.69) is 14.9 Å². The molecule has 1 aliphatic heterocycles. The summed E-state index contributed by atoms with van der Waals surface area (Å²) in [7, 11) is 0. The summed E-state index contributed by atoms with van der Waals surface area (Å²) in [6.45, 7) is 2.90. The Labute approximate surface area is 155 Å². The molecule has 0 amide bonds. The van der Waals surface area contributed by atoms with Crippen molar-refractivity contribution >= 4 is 0 Å². The smallest absolute Gasteiger partial charge is 0.311 e. The molecule has 2 fully saturated rings. The summed E-state index contributed by atoms with van der Waals surface area (Å²) >= 11 is 0. The van der Waals surface area contributed by atoms with Gasteiger partial charge in [0.1, 0.15) is 5.82 Å². The standard InChI is InChI=1S/C20H22F3N3O/c21-20(22,23)15-6-4-14(5-7-15)19-11-16(19)12-26(13-19)10-2-1-3-17-24-9-8-18(27)25-17/h4-9,16H,1-3,10-13H2,(H,24,25,27)/t16-,19+/m0/s1. The molecule has 1 aromatic carbocycles. The summed E-state index contributed by atoms with van der Waals surface area (Å²) in [4.78, 5) is 20.5. The number of nitrogens with one attached hydrogen (secondary N) is 1. The van der Waals surface area contributed by atoms with Crippen molar-refractivity contribution in [1.29, 1.82) is 0 Å². The van der Waals surface area contributed by atoms with E-state index in [1.807, 2.05) is 0 Å². The number of benzene rings is 1. The first-order valence-corrected chi connectivity index (χ1v) is 9.31. The summed E-state index contributed by atoms with van der Waals surface area (Å²) in [5, 5.41) is 0. The molecule has 2 heterocycles. The van der Waals surface area contributed by atoms with Crippen LogP contribution in [-0.2, 0) is 18.0 Å². The summed E-state index contributed by atoms with van der Waals surface area (Å²) in [5.74, 6) is 1.27. The number of halogens is 3. The van der Waals surface area contributed by atoms with Crippen molar-refractivity contribution in [2.24, 2.45) is 5.92 Å². The van der Waals surface area contributed by atoms with Gasteiger partial charge >= 0.3 is 6.18 Å². The minimum Gasteiger partial charge on any atom is -0.311 e. The van der Waals surface area contributed by atoms with Crippen molar-refractivity contribution < 1.29 is 13.2 Å². The number of unbranched alkanes of at least 4 members (excludes halogenated alkanes) is 1. The van der Waals surface area contributed by atoms with Crippen molar-refractivity contribution in [1.82, 2.24) is 14.9 Å². The van der Waals surface area contributed by atoms with Gasteiger partial charge in [-0.2, -0.15) is 13.2 Å². The van der Waals surface area contributed by atoms with Crippen LogP contribution < -0.4 is 5.56 Å². The zero-order chi connectivity index (χ0) is 19.1.